The van der Waals surface area contributed by atoms with Crippen LogP contribution in [0.15, 0.2) is 60.2 Å². The minimum absolute atomic E-state index is 0.287. The van der Waals surface area contributed by atoms with E-state index < -0.39 is 24.3 Å². The molecule has 1 heterocycles. The van der Waals surface area contributed by atoms with E-state index in [9.17, 15) is 19.4 Å². The second kappa shape index (κ2) is 6.95. The lowest BCUT2D eigenvalue weighted by molar-refractivity contribution is -0.140. The molecule has 3 atom stereocenters. The molecule has 0 aliphatic carbocycles. The highest BCUT2D eigenvalue weighted by Gasteiger charge is 2.44. The van der Waals surface area contributed by atoms with E-state index in [0.717, 1.165) is 5.56 Å². The standard InChI is InChI=1S/C19H17FO4/c20-14-8-6-13(7-9-14)10-15(17-19(23)24-17)16(18(21)22)11-12-4-2-1-3-5-12/h1-10,16-17,19,23H,11H2,(H,21,22)/b15-10-. The maximum atomic E-state index is 13.1. The van der Waals surface area contributed by atoms with Gasteiger partial charge in [-0.3, -0.25) is 4.79 Å². The van der Waals surface area contributed by atoms with Gasteiger partial charge in [0, 0.05) is 0 Å². The van der Waals surface area contributed by atoms with Crippen molar-refractivity contribution in [2.24, 2.45) is 5.92 Å². The van der Waals surface area contributed by atoms with Crippen LogP contribution in [0.5, 0.6) is 0 Å². The van der Waals surface area contributed by atoms with E-state index in [1.807, 2.05) is 30.3 Å². The van der Waals surface area contributed by atoms with Gasteiger partial charge in [-0.2, -0.15) is 0 Å². The Labute approximate surface area is 138 Å². The van der Waals surface area contributed by atoms with Gasteiger partial charge in [0.15, 0.2) is 6.29 Å². The summed E-state index contributed by atoms with van der Waals surface area (Å²) in [6.45, 7) is 0. The predicted octanol–water partition coefficient (Wildman–Crippen LogP) is 2.87. The van der Waals surface area contributed by atoms with Crippen LogP contribution in [0.1, 0.15) is 11.1 Å². The molecule has 0 aromatic heterocycles. The maximum absolute atomic E-state index is 13.1. The predicted molar refractivity (Wildman–Crippen MR) is 86.5 cm³/mol. The summed E-state index contributed by atoms with van der Waals surface area (Å²) >= 11 is 0. The highest BCUT2D eigenvalue weighted by atomic mass is 19.1. The highest BCUT2D eigenvalue weighted by Crippen LogP contribution is 2.35. The Morgan fingerprint density at radius 1 is 1.17 bits per heavy atom. The minimum Gasteiger partial charge on any atom is -0.481 e. The van der Waals surface area contributed by atoms with Crippen LogP contribution >= 0.6 is 0 Å². The van der Waals surface area contributed by atoms with Crippen LogP contribution in [0.2, 0.25) is 0 Å². The van der Waals surface area contributed by atoms with Crippen LogP contribution < -0.4 is 0 Å². The molecule has 1 aliphatic heterocycles. The van der Waals surface area contributed by atoms with Crippen molar-refractivity contribution in [3.8, 4) is 0 Å². The van der Waals surface area contributed by atoms with Crippen molar-refractivity contribution in [1.82, 2.24) is 0 Å². The number of aliphatic hydroxyl groups excluding tert-OH is 1. The van der Waals surface area contributed by atoms with Gasteiger partial charge in [-0.15, -0.1) is 0 Å². The number of aliphatic hydroxyl groups is 1. The number of ether oxygens (including phenoxy) is 1. The van der Waals surface area contributed by atoms with E-state index in [-0.39, 0.29) is 12.2 Å². The van der Waals surface area contributed by atoms with Crippen molar-refractivity contribution in [1.29, 1.82) is 0 Å². The Morgan fingerprint density at radius 2 is 1.79 bits per heavy atom. The molecular weight excluding hydrogens is 311 g/mol. The smallest absolute Gasteiger partial charge is 0.311 e. The molecule has 1 aliphatic rings. The number of epoxide rings is 1. The number of benzene rings is 2. The molecule has 2 aromatic carbocycles. The van der Waals surface area contributed by atoms with Gasteiger partial charge in [0.25, 0.3) is 0 Å². The first-order chi connectivity index (χ1) is 11.5. The lowest BCUT2D eigenvalue weighted by Gasteiger charge is -2.15. The zero-order valence-electron chi connectivity index (χ0n) is 12.8. The van der Waals surface area contributed by atoms with Crippen LogP contribution in [0.25, 0.3) is 6.08 Å². The average Bonchev–Trinajstić information content (AvgIpc) is 3.30. The van der Waals surface area contributed by atoms with Crippen LogP contribution in [-0.4, -0.2) is 28.6 Å². The zero-order chi connectivity index (χ0) is 17.1. The van der Waals surface area contributed by atoms with Gasteiger partial charge in [-0.25, -0.2) is 4.39 Å². The van der Waals surface area contributed by atoms with Crippen molar-refractivity contribution < 1.29 is 24.1 Å². The topological polar surface area (TPSA) is 70.1 Å². The fourth-order valence-corrected chi connectivity index (χ4v) is 2.68. The molecule has 24 heavy (non-hydrogen) atoms. The van der Waals surface area contributed by atoms with Crippen LogP contribution in [0, 0.1) is 11.7 Å². The van der Waals surface area contributed by atoms with Gasteiger partial charge in [0.05, 0.1) is 5.92 Å². The minimum atomic E-state index is -0.991. The molecule has 3 rings (SSSR count). The fourth-order valence-electron chi connectivity index (χ4n) is 2.68. The van der Waals surface area contributed by atoms with Crippen LogP contribution in [-0.2, 0) is 16.0 Å². The van der Waals surface area contributed by atoms with Gasteiger partial charge < -0.3 is 14.9 Å². The number of hydrogen-bond donors (Lipinski definition) is 2. The molecule has 0 amide bonds. The van der Waals surface area contributed by atoms with Crippen molar-refractivity contribution in [3.05, 3.63) is 77.1 Å². The molecule has 0 bridgehead atoms. The number of halogens is 1. The van der Waals surface area contributed by atoms with Crippen LogP contribution in [0.3, 0.4) is 0 Å². The van der Waals surface area contributed by atoms with Crippen molar-refractivity contribution in [3.63, 3.8) is 0 Å². The fraction of sp³-hybridized carbons (Fsp3) is 0.211. The maximum Gasteiger partial charge on any atom is 0.311 e. The number of carboxylic acids is 1. The first kappa shape index (κ1) is 16.4. The van der Waals surface area contributed by atoms with E-state index in [1.165, 1.54) is 12.1 Å². The molecule has 0 saturated carbocycles. The van der Waals surface area contributed by atoms with Gasteiger partial charge in [0.2, 0.25) is 0 Å². The van der Waals surface area contributed by atoms with Gasteiger partial charge >= 0.3 is 5.97 Å². The van der Waals surface area contributed by atoms with Gasteiger partial charge in [-0.05, 0) is 35.3 Å². The summed E-state index contributed by atoms with van der Waals surface area (Å²) in [7, 11) is 0. The summed E-state index contributed by atoms with van der Waals surface area (Å²) in [6, 6.07) is 15.0. The Kier molecular flexibility index (Phi) is 4.74. The summed E-state index contributed by atoms with van der Waals surface area (Å²) in [5.41, 5.74) is 2.02. The summed E-state index contributed by atoms with van der Waals surface area (Å²) in [5.74, 6) is -2.19. The lowest BCUT2D eigenvalue weighted by Crippen LogP contribution is -2.22. The summed E-state index contributed by atoms with van der Waals surface area (Å²) in [5, 5.41) is 19.3. The molecular formula is C19H17FO4. The largest absolute Gasteiger partial charge is 0.481 e. The molecule has 1 saturated heterocycles. The monoisotopic (exact) mass is 328 g/mol. The lowest BCUT2D eigenvalue weighted by atomic mass is 9.88. The summed E-state index contributed by atoms with van der Waals surface area (Å²) in [6.07, 6.45) is 0.312. The third-order valence-corrected chi connectivity index (χ3v) is 3.98. The van der Waals surface area contributed by atoms with Gasteiger partial charge in [-0.1, -0.05) is 48.5 Å². The Morgan fingerprint density at radius 3 is 2.33 bits per heavy atom. The van der Waals surface area contributed by atoms with E-state index >= 15 is 0 Å². The number of aliphatic carboxylic acids is 1. The van der Waals surface area contributed by atoms with Gasteiger partial charge in [0.1, 0.15) is 11.9 Å². The van der Waals surface area contributed by atoms with Crippen molar-refractivity contribution >= 4 is 12.0 Å². The van der Waals surface area contributed by atoms with Crippen molar-refractivity contribution in [2.75, 3.05) is 0 Å². The molecule has 0 radical (unpaired) electrons. The number of hydrogen-bond acceptors (Lipinski definition) is 3. The third kappa shape index (κ3) is 3.88. The first-order valence-corrected chi connectivity index (χ1v) is 7.62. The molecule has 2 aromatic rings. The SMILES string of the molecule is O=C(O)C(Cc1ccccc1)/C(=C/c1ccc(F)cc1)C1OC1O. The second-order valence-electron chi connectivity index (χ2n) is 5.72. The molecule has 124 valence electrons. The Bertz CT molecular complexity index is 740. The first-order valence-electron chi connectivity index (χ1n) is 7.62. The van der Waals surface area contributed by atoms with E-state index in [2.05, 4.69) is 0 Å². The van der Waals surface area contributed by atoms with E-state index in [4.69, 9.17) is 4.74 Å². The molecule has 0 spiro atoms. The molecule has 2 N–H and O–H groups in total. The second-order valence-corrected chi connectivity index (χ2v) is 5.72. The number of carbonyl (C=O) groups is 1. The normalized spacial score (nSPS) is 21.3. The highest BCUT2D eigenvalue weighted by molar-refractivity contribution is 5.77. The molecule has 5 heteroatoms. The van der Waals surface area contributed by atoms with E-state index in [1.54, 1.807) is 18.2 Å². The molecule has 1 fully saturated rings. The zero-order valence-corrected chi connectivity index (χ0v) is 12.8. The number of rotatable bonds is 6. The molecule has 4 nitrogen and oxygen atoms in total. The molecule has 3 unspecified atom stereocenters. The quantitative estimate of drug-likeness (QED) is 0.800. The third-order valence-electron chi connectivity index (χ3n) is 3.98. The van der Waals surface area contributed by atoms with E-state index in [0.29, 0.717) is 11.1 Å². The summed E-state index contributed by atoms with van der Waals surface area (Å²) in [4.78, 5) is 11.8. The summed E-state index contributed by atoms with van der Waals surface area (Å²) < 4.78 is 18.1. The van der Waals surface area contributed by atoms with Crippen molar-refractivity contribution in [2.45, 2.75) is 18.8 Å². The average molecular weight is 328 g/mol. The Balaban J connectivity index is 1.93. The number of carboxylic acid groups (broad SMARTS) is 1. The Hall–Kier alpha value is -2.50. The van der Waals surface area contributed by atoms with Crippen LogP contribution in [0.4, 0.5) is 4.39 Å².